The smallest absolute Gasteiger partial charge is 0.0540 e. The van der Waals surface area contributed by atoms with E-state index in [1.807, 2.05) is 0 Å². The van der Waals surface area contributed by atoms with Crippen LogP contribution in [0.3, 0.4) is 0 Å². The summed E-state index contributed by atoms with van der Waals surface area (Å²) in [6.45, 7) is 9.42. The average Bonchev–Trinajstić information content (AvgIpc) is 3.52. The van der Waals surface area contributed by atoms with E-state index in [1.54, 1.807) is 0 Å². The molecule has 1 heteroatoms. The van der Waals surface area contributed by atoms with Crippen molar-refractivity contribution in [1.29, 1.82) is 0 Å². The van der Waals surface area contributed by atoms with Crippen molar-refractivity contribution in [3.05, 3.63) is 186 Å². The number of fused-ring (bicyclic) bond motifs is 6. The summed E-state index contributed by atoms with van der Waals surface area (Å²) in [6.07, 6.45) is 0. The second-order valence-electron chi connectivity index (χ2n) is 14.6. The summed E-state index contributed by atoms with van der Waals surface area (Å²) >= 11 is 0. The first-order chi connectivity index (χ1) is 23.8. The van der Waals surface area contributed by atoms with E-state index in [9.17, 15) is 0 Å². The Balaban J connectivity index is 1.21. The largest absolute Gasteiger partial charge is 0.310 e. The van der Waals surface area contributed by atoms with Gasteiger partial charge in [-0.05, 0) is 97.6 Å². The van der Waals surface area contributed by atoms with Gasteiger partial charge < -0.3 is 4.90 Å². The summed E-state index contributed by atoms with van der Waals surface area (Å²) in [5.74, 6) is 0. The molecule has 0 N–H and O–H groups in total. The summed E-state index contributed by atoms with van der Waals surface area (Å²) in [5, 5.41) is 0. The molecule has 0 amide bonds. The van der Waals surface area contributed by atoms with Crippen LogP contribution in [0.4, 0.5) is 17.1 Å². The molecule has 0 saturated heterocycles. The van der Waals surface area contributed by atoms with E-state index in [4.69, 9.17) is 0 Å². The van der Waals surface area contributed by atoms with E-state index in [-0.39, 0.29) is 10.8 Å². The molecule has 7 aromatic rings. The third-order valence-corrected chi connectivity index (χ3v) is 11.1. The fraction of sp³-hybridized carbons (Fsp3) is 0.125. The molecule has 7 aromatic carbocycles. The van der Waals surface area contributed by atoms with Gasteiger partial charge in [0.1, 0.15) is 0 Å². The van der Waals surface area contributed by atoms with Gasteiger partial charge in [0.05, 0.1) is 5.69 Å². The highest BCUT2D eigenvalue weighted by atomic mass is 15.1. The number of anilines is 3. The Labute approximate surface area is 290 Å². The van der Waals surface area contributed by atoms with Crippen molar-refractivity contribution in [1.82, 2.24) is 0 Å². The number of nitrogens with zero attached hydrogens (tertiary/aromatic N) is 1. The van der Waals surface area contributed by atoms with Crippen LogP contribution in [-0.2, 0) is 10.8 Å². The molecule has 0 bridgehead atoms. The Hall–Kier alpha value is -5.66. The minimum Gasteiger partial charge on any atom is -0.310 e. The first kappa shape index (κ1) is 29.5. The summed E-state index contributed by atoms with van der Waals surface area (Å²) in [7, 11) is 0. The molecule has 1 nitrogen and oxygen atoms in total. The molecule has 0 radical (unpaired) electrons. The maximum absolute atomic E-state index is 2.43. The molecule has 0 aromatic heterocycles. The first-order valence-electron chi connectivity index (χ1n) is 17.4. The van der Waals surface area contributed by atoms with Gasteiger partial charge in [-0.25, -0.2) is 0 Å². The quantitative estimate of drug-likeness (QED) is 0.183. The predicted octanol–water partition coefficient (Wildman–Crippen LogP) is 13.1. The molecular weight excluding hydrogens is 591 g/mol. The normalized spacial score (nSPS) is 14.4. The third kappa shape index (κ3) is 4.46. The summed E-state index contributed by atoms with van der Waals surface area (Å²) in [4.78, 5) is 2.43. The Morgan fingerprint density at radius 1 is 0.347 bits per heavy atom. The topological polar surface area (TPSA) is 3.24 Å². The van der Waals surface area contributed by atoms with Gasteiger partial charge in [0, 0.05) is 27.8 Å². The lowest BCUT2D eigenvalue weighted by atomic mass is 9.81. The highest BCUT2D eigenvalue weighted by Crippen LogP contribution is 2.54. The lowest BCUT2D eigenvalue weighted by Crippen LogP contribution is -2.15. The van der Waals surface area contributed by atoms with Crippen LogP contribution < -0.4 is 4.90 Å². The fourth-order valence-corrected chi connectivity index (χ4v) is 8.59. The van der Waals surface area contributed by atoms with Crippen molar-refractivity contribution < 1.29 is 0 Å². The molecule has 2 aliphatic rings. The fourth-order valence-electron chi connectivity index (χ4n) is 8.59. The van der Waals surface area contributed by atoms with Gasteiger partial charge in [-0.3, -0.25) is 0 Å². The Morgan fingerprint density at radius 3 is 1.67 bits per heavy atom. The van der Waals surface area contributed by atoms with E-state index < -0.39 is 0 Å². The highest BCUT2D eigenvalue weighted by molar-refractivity contribution is 5.98. The SMILES string of the molecule is CC1(C)c2ccccc2-c2ccc(-c3cccc(N(c4ccccc4)c4ccccc4-c4cccc5c4-c4ccccc4C5(C)C)c3)cc21. The number of benzene rings is 7. The standard InChI is InChI=1S/C48H39N/c1-47(2)42-25-12-9-22-40(42)46-39(23-15-26-43(46)47)38-21-10-13-27-45(38)49(34-17-6-5-7-18-34)35-19-14-16-32(30-35)33-28-29-37-36-20-8-11-24-41(36)48(3,4)44(37)31-33/h5-31H,1-4H3. The second-order valence-corrected chi connectivity index (χ2v) is 14.6. The number of hydrogen-bond acceptors (Lipinski definition) is 1. The van der Waals surface area contributed by atoms with Crippen LogP contribution in [-0.4, -0.2) is 0 Å². The molecular formula is C48H39N. The van der Waals surface area contributed by atoms with Crippen LogP contribution >= 0.6 is 0 Å². The van der Waals surface area contributed by atoms with Crippen LogP contribution in [0, 0.1) is 0 Å². The van der Waals surface area contributed by atoms with Gasteiger partial charge >= 0.3 is 0 Å². The summed E-state index contributed by atoms with van der Waals surface area (Å²) in [6, 6.07) is 60.4. The third-order valence-electron chi connectivity index (χ3n) is 11.1. The van der Waals surface area contributed by atoms with Crippen LogP contribution in [0.1, 0.15) is 49.9 Å². The van der Waals surface area contributed by atoms with Crippen LogP contribution in [0.25, 0.3) is 44.5 Å². The summed E-state index contributed by atoms with van der Waals surface area (Å²) < 4.78 is 0. The van der Waals surface area contributed by atoms with Crippen LogP contribution in [0.2, 0.25) is 0 Å². The van der Waals surface area contributed by atoms with Gasteiger partial charge in [-0.15, -0.1) is 0 Å². The van der Waals surface area contributed by atoms with Crippen molar-refractivity contribution >= 4 is 17.1 Å². The van der Waals surface area contributed by atoms with Gasteiger partial charge in [-0.2, -0.15) is 0 Å². The molecule has 0 heterocycles. The van der Waals surface area contributed by atoms with E-state index in [0.29, 0.717) is 0 Å². The maximum Gasteiger partial charge on any atom is 0.0540 e. The number of hydrogen-bond donors (Lipinski definition) is 0. The van der Waals surface area contributed by atoms with Crippen molar-refractivity contribution in [2.75, 3.05) is 4.90 Å². The Bertz CT molecular complexity index is 2390. The lowest BCUT2D eigenvalue weighted by Gasteiger charge is -2.29. The lowest BCUT2D eigenvalue weighted by molar-refractivity contribution is 0.660. The van der Waals surface area contributed by atoms with Crippen molar-refractivity contribution in [2.24, 2.45) is 0 Å². The molecule has 0 fully saturated rings. The van der Waals surface area contributed by atoms with Gasteiger partial charge in [-0.1, -0.05) is 155 Å². The molecule has 0 atom stereocenters. The van der Waals surface area contributed by atoms with Crippen molar-refractivity contribution in [3.8, 4) is 44.5 Å². The Morgan fingerprint density at radius 2 is 0.878 bits per heavy atom. The van der Waals surface area contributed by atoms with Crippen LogP contribution in [0.5, 0.6) is 0 Å². The average molecular weight is 630 g/mol. The number of rotatable bonds is 5. The zero-order valence-electron chi connectivity index (χ0n) is 28.5. The monoisotopic (exact) mass is 629 g/mol. The van der Waals surface area contributed by atoms with Gasteiger partial charge in [0.2, 0.25) is 0 Å². The molecule has 0 aliphatic heterocycles. The number of para-hydroxylation sites is 2. The molecule has 236 valence electrons. The van der Waals surface area contributed by atoms with Crippen LogP contribution in [0.15, 0.2) is 164 Å². The first-order valence-corrected chi connectivity index (χ1v) is 17.4. The zero-order chi connectivity index (χ0) is 33.3. The van der Waals surface area contributed by atoms with E-state index in [0.717, 1.165) is 17.1 Å². The van der Waals surface area contributed by atoms with E-state index in [1.165, 1.54) is 66.8 Å². The minimum absolute atomic E-state index is 0.0440. The summed E-state index contributed by atoms with van der Waals surface area (Å²) in [5.41, 5.74) is 19.2. The zero-order valence-corrected chi connectivity index (χ0v) is 28.5. The van der Waals surface area contributed by atoms with Crippen molar-refractivity contribution in [3.63, 3.8) is 0 Å². The maximum atomic E-state index is 2.43. The van der Waals surface area contributed by atoms with Gasteiger partial charge in [0.25, 0.3) is 0 Å². The van der Waals surface area contributed by atoms with Gasteiger partial charge in [0.15, 0.2) is 0 Å². The highest BCUT2D eigenvalue weighted by Gasteiger charge is 2.37. The molecule has 0 spiro atoms. The predicted molar refractivity (Wildman–Crippen MR) is 207 cm³/mol. The van der Waals surface area contributed by atoms with E-state index >= 15 is 0 Å². The van der Waals surface area contributed by atoms with Crippen molar-refractivity contribution in [2.45, 2.75) is 38.5 Å². The molecule has 0 saturated carbocycles. The minimum atomic E-state index is -0.0594. The molecule has 9 rings (SSSR count). The second kappa shape index (κ2) is 10.9. The molecule has 0 unspecified atom stereocenters. The molecule has 2 aliphatic carbocycles. The Kier molecular flexibility index (Phi) is 6.58. The van der Waals surface area contributed by atoms with E-state index in [2.05, 4.69) is 196 Å². The molecule has 49 heavy (non-hydrogen) atoms.